The van der Waals surface area contributed by atoms with Gasteiger partial charge >= 0.3 is 0 Å². The fraction of sp³-hybridized carbons (Fsp3) is 0.364. The number of carbonyl (C=O) groups is 1. The van der Waals surface area contributed by atoms with Gasteiger partial charge in [0.1, 0.15) is 6.10 Å². The number of epoxide rings is 1. The fourth-order valence-corrected chi connectivity index (χ4v) is 1.45. The highest BCUT2D eigenvalue weighted by Gasteiger charge is 2.46. The van der Waals surface area contributed by atoms with Gasteiger partial charge in [0, 0.05) is 14.1 Å². The van der Waals surface area contributed by atoms with E-state index in [-0.39, 0.29) is 18.1 Å². The normalized spacial score (nSPS) is 24.4. The molecule has 0 saturated carbocycles. The van der Waals surface area contributed by atoms with Crippen LogP contribution in [-0.4, -0.2) is 31.0 Å². The summed E-state index contributed by atoms with van der Waals surface area (Å²) in [5.74, 6) is 0.0406. The zero-order valence-electron chi connectivity index (χ0n) is 8.31. The van der Waals surface area contributed by atoms with Gasteiger partial charge in [0.2, 0.25) is 0 Å². The molecule has 1 saturated heterocycles. The first-order valence-electron chi connectivity index (χ1n) is 4.61. The zero-order chi connectivity index (χ0) is 10.1. The predicted molar refractivity (Wildman–Crippen MR) is 52.8 cm³/mol. The zero-order valence-corrected chi connectivity index (χ0v) is 8.31. The Balaban J connectivity index is 2.03. The first-order valence-corrected chi connectivity index (χ1v) is 4.61. The summed E-state index contributed by atoms with van der Waals surface area (Å²) in [6.07, 6.45) is -0.307. The molecule has 1 aromatic carbocycles. The maximum Gasteiger partial charge on any atom is 0.254 e. The van der Waals surface area contributed by atoms with E-state index in [1.54, 1.807) is 19.0 Å². The molecule has 3 heteroatoms. The van der Waals surface area contributed by atoms with Crippen molar-refractivity contribution < 1.29 is 9.53 Å². The minimum atomic E-state index is -0.271. The molecular formula is C11H13NO2. The van der Waals surface area contributed by atoms with E-state index >= 15 is 0 Å². The lowest BCUT2D eigenvalue weighted by molar-refractivity contribution is -0.129. The van der Waals surface area contributed by atoms with E-state index in [0.717, 1.165) is 5.56 Å². The Morgan fingerprint density at radius 2 is 1.93 bits per heavy atom. The van der Waals surface area contributed by atoms with Crippen LogP contribution < -0.4 is 0 Å². The van der Waals surface area contributed by atoms with E-state index in [9.17, 15) is 4.79 Å². The van der Waals surface area contributed by atoms with Gasteiger partial charge in [-0.3, -0.25) is 4.79 Å². The fourth-order valence-electron chi connectivity index (χ4n) is 1.45. The van der Waals surface area contributed by atoms with Crippen molar-refractivity contribution in [2.24, 2.45) is 0 Å². The van der Waals surface area contributed by atoms with E-state index in [1.807, 2.05) is 30.3 Å². The van der Waals surface area contributed by atoms with Crippen molar-refractivity contribution in [3.05, 3.63) is 35.9 Å². The summed E-state index contributed by atoms with van der Waals surface area (Å²) in [6.45, 7) is 0. The van der Waals surface area contributed by atoms with Gasteiger partial charge in [-0.1, -0.05) is 30.3 Å². The standard InChI is InChI=1S/C11H13NO2/c1-12(2)11(13)10-9(14-10)8-6-4-3-5-7-8/h3-7,9-10H,1-2H3/t9-,10+/m0/s1. The van der Waals surface area contributed by atoms with Crippen molar-refractivity contribution in [1.29, 1.82) is 0 Å². The summed E-state index contributed by atoms with van der Waals surface area (Å²) < 4.78 is 5.33. The third-order valence-corrected chi connectivity index (χ3v) is 2.30. The Bertz CT molecular complexity index is 334. The minimum Gasteiger partial charge on any atom is -0.354 e. The van der Waals surface area contributed by atoms with Crippen LogP contribution in [0.4, 0.5) is 0 Å². The first kappa shape index (κ1) is 9.21. The molecule has 0 spiro atoms. The summed E-state index contributed by atoms with van der Waals surface area (Å²) in [5.41, 5.74) is 1.08. The minimum absolute atomic E-state index is 0.0360. The molecule has 2 atom stereocenters. The van der Waals surface area contributed by atoms with Crippen LogP contribution in [0.3, 0.4) is 0 Å². The van der Waals surface area contributed by atoms with Crippen LogP contribution in [0.1, 0.15) is 11.7 Å². The lowest BCUT2D eigenvalue weighted by Crippen LogP contribution is -2.26. The highest BCUT2D eigenvalue weighted by Crippen LogP contribution is 2.39. The Kier molecular flexibility index (Phi) is 2.25. The molecule has 14 heavy (non-hydrogen) atoms. The molecule has 1 heterocycles. The van der Waals surface area contributed by atoms with E-state index in [4.69, 9.17) is 4.74 Å². The first-order chi connectivity index (χ1) is 6.70. The highest BCUT2D eigenvalue weighted by atomic mass is 16.6. The molecule has 1 aromatic rings. The van der Waals surface area contributed by atoms with Crippen LogP contribution in [0.15, 0.2) is 30.3 Å². The van der Waals surface area contributed by atoms with Crippen molar-refractivity contribution in [2.75, 3.05) is 14.1 Å². The van der Waals surface area contributed by atoms with Crippen LogP contribution in [0.5, 0.6) is 0 Å². The quantitative estimate of drug-likeness (QED) is 0.658. The molecular weight excluding hydrogens is 178 g/mol. The molecule has 0 aromatic heterocycles. The third-order valence-electron chi connectivity index (χ3n) is 2.30. The molecule has 1 amide bonds. The van der Waals surface area contributed by atoms with Gasteiger partial charge in [-0.15, -0.1) is 0 Å². The van der Waals surface area contributed by atoms with Crippen LogP contribution in [0.25, 0.3) is 0 Å². The molecule has 1 aliphatic heterocycles. The predicted octanol–water partition coefficient (Wildman–Crippen LogP) is 1.21. The summed E-state index contributed by atoms with van der Waals surface area (Å²) in [6, 6.07) is 9.82. The second kappa shape index (κ2) is 3.42. The molecule has 1 aliphatic rings. The van der Waals surface area contributed by atoms with Crippen LogP contribution >= 0.6 is 0 Å². The molecule has 3 nitrogen and oxygen atoms in total. The number of hydrogen-bond donors (Lipinski definition) is 0. The smallest absolute Gasteiger partial charge is 0.254 e. The number of amides is 1. The van der Waals surface area contributed by atoms with E-state index < -0.39 is 0 Å². The second-order valence-corrected chi connectivity index (χ2v) is 3.62. The van der Waals surface area contributed by atoms with Crippen molar-refractivity contribution >= 4 is 5.91 Å². The SMILES string of the molecule is CN(C)C(=O)[C@@H]1O[C@H]1c1ccccc1. The Morgan fingerprint density at radius 1 is 1.29 bits per heavy atom. The second-order valence-electron chi connectivity index (χ2n) is 3.62. The largest absolute Gasteiger partial charge is 0.354 e. The highest BCUT2D eigenvalue weighted by molar-refractivity contribution is 5.83. The van der Waals surface area contributed by atoms with Gasteiger partial charge in [0.15, 0.2) is 6.10 Å². The number of likely N-dealkylation sites (N-methyl/N-ethyl adjacent to an activating group) is 1. The summed E-state index contributed by atoms with van der Waals surface area (Å²) in [4.78, 5) is 13.1. The molecule has 2 rings (SSSR count). The van der Waals surface area contributed by atoms with Crippen LogP contribution in [0, 0.1) is 0 Å². The number of carbonyl (C=O) groups excluding carboxylic acids is 1. The summed E-state index contributed by atoms with van der Waals surface area (Å²) in [7, 11) is 3.48. The molecule has 0 unspecified atom stereocenters. The molecule has 0 aliphatic carbocycles. The van der Waals surface area contributed by atoms with Gasteiger partial charge in [0.25, 0.3) is 5.91 Å². The van der Waals surface area contributed by atoms with E-state index in [2.05, 4.69) is 0 Å². The van der Waals surface area contributed by atoms with Crippen molar-refractivity contribution in [3.8, 4) is 0 Å². The van der Waals surface area contributed by atoms with E-state index in [1.165, 1.54) is 0 Å². The number of benzene rings is 1. The summed E-state index contributed by atoms with van der Waals surface area (Å²) in [5, 5.41) is 0. The molecule has 0 bridgehead atoms. The number of hydrogen-bond acceptors (Lipinski definition) is 2. The molecule has 0 N–H and O–H groups in total. The Labute approximate surface area is 83.3 Å². The molecule has 1 fully saturated rings. The van der Waals surface area contributed by atoms with Crippen molar-refractivity contribution in [1.82, 2.24) is 4.90 Å². The number of ether oxygens (including phenoxy) is 1. The van der Waals surface area contributed by atoms with Gasteiger partial charge in [-0.05, 0) is 5.56 Å². The molecule has 0 radical (unpaired) electrons. The van der Waals surface area contributed by atoms with E-state index in [0.29, 0.717) is 0 Å². The number of nitrogens with zero attached hydrogens (tertiary/aromatic N) is 1. The van der Waals surface area contributed by atoms with Crippen molar-refractivity contribution in [3.63, 3.8) is 0 Å². The van der Waals surface area contributed by atoms with Crippen LogP contribution in [0.2, 0.25) is 0 Å². The van der Waals surface area contributed by atoms with Gasteiger partial charge in [-0.25, -0.2) is 0 Å². The Morgan fingerprint density at radius 3 is 2.50 bits per heavy atom. The topological polar surface area (TPSA) is 32.8 Å². The third kappa shape index (κ3) is 1.63. The van der Waals surface area contributed by atoms with Gasteiger partial charge < -0.3 is 9.64 Å². The van der Waals surface area contributed by atoms with Gasteiger partial charge in [0.05, 0.1) is 0 Å². The summed E-state index contributed by atoms with van der Waals surface area (Å²) >= 11 is 0. The maximum atomic E-state index is 11.5. The number of rotatable bonds is 2. The monoisotopic (exact) mass is 191 g/mol. The lowest BCUT2D eigenvalue weighted by atomic mass is 10.1. The lowest BCUT2D eigenvalue weighted by Gasteiger charge is -2.06. The van der Waals surface area contributed by atoms with Crippen molar-refractivity contribution in [2.45, 2.75) is 12.2 Å². The Hall–Kier alpha value is -1.35. The van der Waals surface area contributed by atoms with Crippen LogP contribution in [-0.2, 0) is 9.53 Å². The average Bonchev–Trinajstić information content (AvgIpc) is 2.97. The maximum absolute atomic E-state index is 11.5. The van der Waals surface area contributed by atoms with Gasteiger partial charge in [-0.2, -0.15) is 0 Å². The average molecular weight is 191 g/mol. The molecule has 74 valence electrons.